The molecule has 0 saturated carbocycles. The molecule has 0 amide bonds. The predicted molar refractivity (Wildman–Crippen MR) is 106 cm³/mol. The number of piperazine rings is 1. The number of benzene rings is 2. The topological polar surface area (TPSA) is 24.5 Å². The third-order valence-electron chi connectivity index (χ3n) is 4.23. The van der Waals surface area contributed by atoms with Crippen LogP contribution in [0, 0.1) is 0 Å². The van der Waals surface area contributed by atoms with Crippen molar-refractivity contribution >= 4 is 24.8 Å². The highest BCUT2D eigenvalue weighted by molar-refractivity contribution is 5.85. The molecule has 1 aliphatic rings. The van der Waals surface area contributed by atoms with Gasteiger partial charge < -0.3 is 10.1 Å². The molecule has 0 spiro atoms. The second-order valence-electron chi connectivity index (χ2n) is 5.84. The number of rotatable bonds is 5. The molecule has 1 unspecified atom stereocenters. The van der Waals surface area contributed by atoms with Crippen molar-refractivity contribution < 1.29 is 4.74 Å². The molecule has 2 aromatic rings. The molecule has 1 saturated heterocycles. The first kappa shape index (κ1) is 20.8. The number of hydrogen-bond donors (Lipinski definition) is 1. The van der Waals surface area contributed by atoms with Crippen LogP contribution in [0.2, 0.25) is 0 Å². The molecule has 5 heteroatoms. The summed E-state index contributed by atoms with van der Waals surface area (Å²) >= 11 is 0. The van der Waals surface area contributed by atoms with Crippen molar-refractivity contribution in [2.45, 2.75) is 13.0 Å². The lowest BCUT2D eigenvalue weighted by Gasteiger charge is -2.32. The quantitative estimate of drug-likeness (QED) is 0.866. The van der Waals surface area contributed by atoms with Crippen molar-refractivity contribution in [1.82, 2.24) is 10.2 Å². The highest BCUT2D eigenvalue weighted by Gasteiger charge is 2.16. The summed E-state index contributed by atoms with van der Waals surface area (Å²) in [6, 6.07) is 19.3. The molecule has 132 valence electrons. The Balaban J connectivity index is 0.00000144. The van der Waals surface area contributed by atoms with E-state index in [0.717, 1.165) is 38.5 Å². The smallest absolute Gasteiger partial charge is 0.119 e. The lowest BCUT2D eigenvalue weighted by atomic mass is 10.1. The lowest BCUT2D eigenvalue weighted by Crippen LogP contribution is -2.49. The summed E-state index contributed by atoms with van der Waals surface area (Å²) in [5, 5.41) is 3.38. The Kier molecular flexibility index (Phi) is 9.16. The minimum absolute atomic E-state index is 0. The van der Waals surface area contributed by atoms with Gasteiger partial charge in [0.2, 0.25) is 0 Å². The van der Waals surface area contributed by atoms with E-state index in [1.165, 1.54) is 11.1 Å². The summed E-state index contributed by atoms with van der Waals surface area (Å²) in [7, 11) is 0. The van der Waals surface area contributed by atoms with Crippen molar-refractivity contribution in [1.29, 1.82) is 0 Å². The molecule has 0 aliphatic carbocycles. The van der Waals surface area contributed by atoms with Crippen LogP contribution in [0.4, 0.5) is 0 Å². The molecule has 1 N–H and O–H groups in total. The molecule has 2 aromatic carbocycles. The number of halogens is 2. The molecule has 3 nitrogen and oxygen atoms in total. The predicted octanol–water partition coefficient (Wildman–Crippen LogP) is 3.87. The minimum Gasteiger partial charge on any atom is -0.492 e. The number of nitrogens with one attached hydrogen (secondary N) is 1. The van der Waals surface area contributed by atoms with Gasteiger partial charge in [0.25, 0.3) is 0 Å². The van der Waals surface area contributed by atoms with E-state index in [2.05, 4.69) is 65.7 Å². The summed E-state index contributed by atoms with van der Waals surface area (Å²) in [4.78, 5) is 2.48. The molecule has 0 aromatic heterocycles. The second kappa shape index (κ2) is 10.6. The van der Waals surface area contributed by atoms with Crippen LogP contribution in [0.3, 0.4) is 0 Å². The Labute approximate surface area is 157 Å². The summed E-state index contributed by atoms with van der Waals surface area (Å²) in [6.45, 7) is 7.36. The van der Waals surface area contributed by atoms with Crippen molar-refractivity contribution in [2.75, 3.05) is 32.8 Å². The van der Waals surface area contributed by atoms with Crippen LogP contribution in [0.25, 0.3) is 11.1 Å². The van der Waals surface area contributed by atoms with E-state index in [1.54, 1.807) is 0 Å². The van der Waals surface area contributed by atoms with Gasteiger partial charge in [-0.25, -0.2) is 0 Å². The van der Waals surface area contributed by atoms with Gasteiger partial charge in [-0.15, -0.1) is 24.8 Å². The van der Waals surface area contributed by atoms with Gasteiger partial charge >= 0.3 is 0 Å². The maximum Gasteiger partial charge on any atom is 0.119 e. The lowest BCUT2D eigenvalue weighted by molar-refractivity contribution is 0.132. The van der Waals surface area contributed by atoms with Gasteiger partial charge in [0.05, 0.1) is 0 Å². The molecule has 1 fully saturated rings. The zero-order chi connectivity index (χ0) is 15.2. The number of ether oxygens (including phenoxy) is 1. The third kappa shape index (κ3) is 5.67. The van der Waals surface area contributed by atoms with Gasteiger partial charge in [-0.3, -0.25) is 4.90 Å². The monoisotopic (exact) mass is 368 g/mol. The summed E-state index contributed by atoms with van der Waals surface area (Å²) in [5.41, 5.74) is 2.46. The van der Waals surface area contributed by atoms with Gasteiger partial charge in [-0.2, -0.15) is 0 Å². The van der Waals surface area contributed by atoms with Gasteiger partial charge in [0.1, 0.15) is 12.4 Å². The summed E-state index contributed by atoms with van der Waals surface area (Å²) < 4.78 is 5.95. The molecule has 3 rings (SSSR count). The van der Waals surface area contributed by atoms with Gasteiger partial charge in [0.15, 0.2) is 0 Å². The Morgan fingerprint density at radius 2 is 1.50 bits per heavy atom. The van der Waals surface area contributed by atoms with Gasteiger partial charge in [-0.05, 0) is 30.2 Å². The van der Waals surface area contributed by atoms with Crippen LogP contribution >= 0.6 is 24.8 Å². The van der Waals surface area contributed by atoms with E-state index in [-0.39, 0.29) is 24.8 Å². The normalized spacial score (nSPS) is 15.7. The first-order chi connectivity index (χ1) is 10.8. The fraction of sp³-hybridized carbons (Fsp3) is 0.368. The van der Waals surface area contributed by atoms with E-state index in [1.807, 2.05) is 6.07 Å². The van der Waals surface area contributed by atoms with Crippen molar-refractivity contribution in [3.8, 4) is 16.9 Å². The standard InChI is InChI=1S/C19H24N2O.2ClH/c1-16(21-13-11-20-12-14-21)15-22-19-9-7-18(8-10-19)17-5-3-2-4-6-17;;/h2-10,16,20H,11-15H2,1H3;2*1H. The Bertz CT molecular complexity index is 572. The van der Waals surface area contributed by atoms with Crippen LogP contribution in [-0.2, 0) is 0 Å². The van der Waals surface area contributed by atoms with Crippen LogP contribution in [0.15, 0.2) is 54.6 Å². The van der Waals surface area contributed by atoms with Crippen LogP contribution < -0.4 is 10.1 Å². The Morgan fingerprint density at radius 1 is 0.917 bits per heavy atom. The zero-order valence-electron chi connectivity index (χ0n) is 14.0. The van der Waals surface area contributed by atoms with Crippen molar-refractivity contribution in [3.63, 3.8) is 0 Å². The first-order valence-corrected chi connectivity index (χ1v) is 8.06. The minimum atomic E-state index is 0. The SMILES string of the molecule is CC(COc1ccc(-c2ccccc2)cc1)N1CCNCC1.Cl.Cl. The Morgan fingerprint density at radius 3 is 2.12 bits per heavy atom. The summed E-state index contributed by atoms with van der Waals surface area (Å²) in [6.07, 6.45) is 0. The van der Waals surface area contributed by atoms with Crippen molar-refractivity contribution in [2.24, 2.45) is 0 Å². The molecule has 0 bridgehead atoms. The molecule has 1 atom stereocenters. The second-order valence-corrected chi connectivity index (χ2v) is 5.84. The molecular weight excluding hydrogens is 343 g/mol. The average molecular weight is 369 g/mol. The molecule has 1 heterocycles. The third-order valence-corrected chi connectivity index (χ3v) is 4.23. The van der Waals surface area contributed by atoms with Gasteiger partial charge in [-0.1, -0.05) is 42.5 Å². The molecule has 0 radical (unpaired) electrons. The number of hydrogen-bond acceptors (Lipinski definition) is 3. The fourth-order valence-corrected chi connectivity index (χ4v) is 2.82. The molecular formula is C19H26Cl2N2O. The largest absolute Gasteiger partial charge is 0.492 e. The number of nitrogens with zero attached hydrogens (tertiary/aromatic N) is 1. The van der Waals surface area contributed by atoms with E-state index < -0.39 is 0 Å². The van der Waals surface area contributed by atoms with Crippen molar-refractivity contribution in [3.05, 3.63) is 54.6 Å². The first-order valence-electron chi connectivity index (χ1n) is 8.06. The van der Waals surface area contributed by atoms with Crippen LogP contribution in [0.5, 0.6) is 5.75 Å². The van der Waals surface area contributed by atoms with Crippen LogP contribution in [0.1, 0.15) is 6.92 Å². The van der Waals surface area contributed by atoms with E-state index in [0.29, 0.717) is 6.04 Å². The van der Waals surface area contributed by atoms with E-state index >= 15 is 0 Å². The van der Waals surface area contributed by atoms with Crippen LogP contribution in [-0.4, -0.2) is 43.7 Å². The highest BCUT2D eigenvalue weighted by Crippen LogP contribution is 2.22. The molecule has 1 aliphatic heterocycles. The maximum absolute atomic E-state index is 5.95. The maximum atomic E-state index is 5.95. The average Bonchev–Trinajstić information content (AvgIpc) is 2.61. The fourth-order valence-electron chi connectivity index (χ4n) is 2.82. The molecule has 24 heavy (non-hydrogen) atoms. The van der Waals surface area contributed by atoms with Gasteiger partial charge in [0, 0.05) is 32.2 Å². The van der Waals surface area contributed by atoms with E-state index in [9.17, 15) is 0 Å². The Hall–Kier alpha value is -1.26. The van der Waals surface area contributed by atoms with E-state index in [4.69, 9.17) is 4.74 Å². The zero-order valence-corrected chi connectivity index (χ0v) is 15.6. The summed E-state index contributed by atoms with van der Waals surface area (Å²) in [5.74, 6) is 0.946. The highest BCUT2D eigenvalue weighted by atomic mass is 35.5.